The molecule has 1 N–H and O–H groups in total. The summed E-state index contributed by atoms with van der Waals surface area (Å²) in [5, 5.41) is 4.79. The van der Waals surface area contributed by atoms with Crippen LogP contribution in [-0.2, 0) is 9.59 Å². The average Bonchev–Trinajstić information content (AvgIpc) is 2.61. The Balaban J connectivity index is 1.79. The summed E-state index contributed by atoms with van der Waals surface area (Å²) in [5.41, 5.74) is 0.687. The van der Waals surface area contributed by atoms with E-state index in [9.17, 15) is 9.59 Å². The van der Waals surface area contributed by atoms with Crippen molar-refractivity contribution >= 4 is 28.3 Å². The molecule has 2 amide bonds. The summed E-state index contributed by atoms with van der Waals surface area (Å²) >= 11 is 0. The molecule has 3 rings (SSSR count). The normalized spacial score (nSPS) is 18.0. The standard InChI is InChI=1S/C19H22N2O2/c1-2-15-10-5-6-13-21(15)19(23)18(22)20-17-12-7-9-14-8-3-4-11-16(14)17/h3-4,7-9,11-12,15H,2,5-6,10,13H2,1H3,(H,20,22). The van der Waals surface area contributed by atoms with Gasteiger partial charge in [-0.05, 0) is 37.1 Å². The Labute approximate surface area is 136 Å². The summed E-state index contributed by atoms with van der Waals surface area (Å²) in [6.07, 6.45) is 3.99. The first-order valence-corrected chi connectivity index (χ1v) is 8.30. The van der Waals surface area contributed by atoms with Gasteiger partial charge in [0, 0.05) is 23.7 Å². The molecule has 1 atom stereocenters. The number of hydrogen-bond acceptors (Lipinski definition) is 2. The second kappa shape index (κ2) is 6.82. The molecular formula is C19H22N2O2. The fourth-order valence-electron chi connectivity index (χ4n) is 3.33. The summed E-state index contributed by atoms with van der Waals surface area (Å²) in [5.74, 6) is -0.953. The first-order valence-electron chi connectivity index (χ1n) is 8.30. The van der Waals surface area contributed by atoms with Crippen molar-refractivity contribution in [3.05, 3.63) is 42.5 Å². The minimum Gasteiger partial charge on any atom is -0.331 e. The third kappa shape index (κ3) is 3.21. The molecule has 1 aliphatic rings. The van der Waals surface area contributed by atoms with E-state index in [4.69, 9.17) is 0 Å². The van der Waals surface area contributed by atoms with Crippen LogP contribution in [0, 0.1) is 0 Å². The molecule has 1 fully saturated rings. The molecule has 4 nitrogen and oxygen atoms in total. The number of rotatable bonds is 2. The Morgan fingerprint density at radius 1 is 1.13 bits per heavy atom. The number of fused-ring (bicyclic) bond motifs is 1. The van der Waals surface area contributed by atoms with Crippen molar-refractivity contribution in [1.29, 1.82) is 0 Å². The van der Waals surface area contributed by atoms with Crippen molar-refractivity contribution in [2.45, 2.75) is 38.6 Å². The lowest BCUT2D eigenvalue weighted by molar-refractivity contribution is -0.145. The molecule has 1 heterocycles. The molecule has 0 radical (unpaired) electrons. The maximum Gasteiger partial charge on any atom is 0.313 e. The number of amides is 2. The lowest BCUT2D eigenvalue weighted by atomic mass is 10.00. The Hall–Kier alpha value is -2.36. The predicted molar refractivity (Wildman–Crippen MR) is 92.2 cm³/mol. The van der Waals surface area contributed by atoms with E-state index in [1.165, 1.54) is 0 Å². The highest BCUT2D eigenvalue weighted by molar-refractivity contribution is 6.40. The van der Waals surface area contributed by atoms with Gasteiger partial charge in [0.2, 0.25) is 0 Å². The van der Waals surface area contributed by atoms with E-state index in [0.717, 1.165) is 36.5 Å². The van der Waals surface area contributed by atoms with E-state index < -0.39 is 11.8 Å². The Kier molecular flexibility index (Phi) is 4.60. The number of nitrogens with one attached hydrogen (secondary N) is 1. The average molecular weight is 310 g/mol. The molecule has 2 aromatic carbocycles. The molecule has 0 bridgehead atoms. The van der Waals surface area contributed by atoms with Crippen LogP contribution in [0.3, 0.4) is 0 Å². The van der Waals surface area contributed by atoms with Gasteiger partial charge in [-0.25, -0.2) is 0 Å². The van der Waals surface area contributed by atoms with E-state index in [2.05, 4.69) is 12.2 Å². The van der Waals surface area contributed by atoms with Crippen LogP contribution < -0.4 is 5.32 Å². The van der Waals surface area contributed by atoms with Crippen LogP contribution >= 0.6 is 0 Å². The van der Waals surface area contributed by atoms with Crippen molar-refractivity contribution < 1.29 is 9.59 Å². The van der Waals surface area contributed by atoms with Crippen molar-refractivity contribution in [3.8, 4) is 0 Å². The number of carbonyl (C=O) groups is 2. The molecule has 1 saturated heterocycles. The zero-order chi connectivity index (χ0) is 16.2. The number of anilines is 1. The van der Waals surface area contributed by atoms with Gasteiger partial charge in [-0.15, -0.1) is 0 Å². The molecule has 0 aliphatic carbocycles. The number of nitrogens with zero attached hydrogens (tertiary/aromatic N) is 1. The summed E-state index contributed by atoms with van der Waals surface area (Å²) in [7, 11) is 0. The van der Waals surface area contributed by atoms with Crippen LogP contribution in [-0.4, -0.2) is 29.3 Å². The topological polar surface area (TPSA) is 49.4 Å². The zero-order valence-corrected chi connectivity index (χ0v) is 13.4. The second-order valence-electron chi connectivity index (χ2n) is 6.04. The van der Waals surface area contributed by atoms with Gasteiger partial charge >= 0.3 is 11.8 Å². The van der Waals surface area contributed by atoms with Gasteiger partial charge in [0.25, 0.3) is 0 Å². The SMILES string of the molecule is CCC1CCCCN1C(=O)C(=O)Nc1cccc2ccccc12. The minimum absolute atomic E-state index is 0.189. The van der Waals surface area contributed by atoms with Crippen molar-refractivity contribution in [2.75, 3.05) is 11.9 Å². The maximum absolute atomic E-state index is 12.5. The summed E-state index contributed by atoms with van der Waals surface area (Å²) in [4.78, 5) is 26.7. The van der Waals surface area contributed by atoms with E-state index in [0.29, 0.717) is 12.2 Å². The lowest BCUT2D eigenvalue weighted by Gasteiger charge is -2.34. The highest BCUT2D eigenvalue weighted by Gasteiger charge is 2.29. The van der Waals surface area contributed by atoms with Crippen LogP contribution in [0.4, 0.5) is 5.69 Å². The Morgan fingerprint density at radius 2 is 1.91 bits per heavy atom. The van der Waals surface area contributed by atoms with Crippen molar-refractivity contribution in [3.63, 3.8) is 0 Å². The van der Waals surface area contributed by atoms with Gasteiger partial charge in [-0.3, -0.25) is 9.59 Å². The molecule has 120 valence electrons. The van der Waals surface area contributed by atoms with Crippen LogP contribution in [0.1, 0.15) is 32.6 Å². The van der Waals surface area contributed by atoms with Crippen LogP contribution in [0.5, 0.6) is 0 Å². The van der Waals surface area contributed by atoms with Crippen LogP contribution in [0.25, 0.3) is 10.8 Å². The first kappa shape index (κ1) is 15.5. The fraction of sp³-hybridized carbons (Fsp3) is 0.368. The summed E-state index contributed by atoms with van der Waals surface area (Å²) in [6.45, 7) is 2.75. The number of carbonyl (C=O) groups excluding carboxylic acids is 2. The molecule has 23 heavy (non-hydrogen) atoms. The maximum atomic E-state index is 12.5. The third-order valence-electron chi connectivity index (χ3n) is 4.59. The molecule has 0 saturated carbocycles. The van der Waals surface area contributed by atoms with E-state index in [-0.39, 0.29) is 6.04 Å². The Morgan fingerprint density at radius 3 is 2.74 bits per heavy atom. The number of hydrogen-bond donors (Lipinski definition) is 1. The van der Waals surface area contributed by atoms with Crippen molar-refractivity contribution in [2.24, 2.45) is 0 Å². The quantitative estimate of drug-likeness (QED) is 0.862. The zero-order valence-electron chi connectivity index (χ0n) is 13.4. The highest BCUT2D eigenvalue weighted by Crippen LogP contribution is 2.24. The lowest BCUT2D eigenvalue weighted by Crippen LogP contribution is -2.48. The van der Waals surface area contributed by atoms with Gasteiger partial charge in [0.05, 0.1) is 0 Å². The summed E-state index contributed by atoms with van der Waals surface area (Å²) < 4.78 is 0. The largest absolute Gasteiger partial charge is 0.331 e. The first-order chi connectivity index (χ1) is 11.2. The van der Waals surface area contributed by atoms with Gasteiger partial charge in [0.15, 0.2) is 0 Å². The molecule has 1 aliphatic heterocycles. The minimum atomic E-state index is -0.540. The fourth-order valence-corrected chi connectivity index (χ4v) is 3.33. The van der Waals surface area contributed by atoms with Crippen LogP contribution in [0.2, 0.25) is 0 Å². The van der Waals surface area contributed by atoms with E-state index >= 15 is 0 Å². The number of piperidine rings is 1. The molecule has 4 heteroatoms. The highest BCUT2D eigenvalue weighted by atomic mass is 16.2. The molecule has 1 unspecified atom stereocenters. The van der Waals surface area contributed by atoms with Gasteiger partial charge in [-0.1, -0.05) is 43.3 Å². The summed E-state index contributed by atoms with van der Waals surface area (Å²) in [6, 6.07) is 13.7. The molecule has 2 aromatic rings. The monoisotopic (exact) mass is 310 g/mol. The van der Waals surface area contributed by atoms with Crippen molar-refractivity contribution in [1.82, 2.24) is 4.90 Å². The predicted octanol–water partition coefficient (Wildman–Crippen LogP) is 3.57. The molecule has 0 aromatic heterocycles. The van der Waals surface area contributed by atoms with Crippen LogP contribution in [0.15, 0.2) is 42.5 Å². The third-order valence-corrected chi connectivity index (χ3v) is 4.59. The Bertz CT molecular complexity index is 721. The van der Waals surface area contributed by atoms with E-state index in [1.54, 1.807) is 4.90 Å². The molecular weight excluding hydrogens is 288 g/mol. The van der Waals surface area contributed by atoms with Gasteiger partial charge in [0.1, 0.15) is 0 Å². The smallest absolute Gasteiger partial charge is 0.313 e. The number of likely N-dealkylation sites (tertiary alicyclic amines) is 1. The number of benzene rings is 2. The van der Waals surface area contributed by atoms with Gasteiger partial charge in [-0.2, -0.15) is 0 Å². The second-order valence-corrected chi connectivity index (χ2v) is 6.04. The molecule has 0 spiro atoms. The van der Waals surface area contributed by atoms with Gasteiger partial charge < -0.3 is 10.2 Å². The van der Waals surface area contributed by atoms with E-state index in [1.807, 2.05) is 42.5 Å².